The van der Waals surface area contributed by atoms with E-state index in [0.29, 0.717) is 24.8 Å². The maximum absolute atomic E-state index is 11.4. The highest BCUT2D eigenvalue weighted by Gasteiger charge is 2.28. The molecule has 8 nitrogen and oxygen atoms in total. The summed E-state index contributed by atoms with van der Waals surface area (Å²) in [6, 6.07) is 11.6. The molecule has 0 unspecified atom stereocenters. The van der Waals surface area contributed by atoms with E-state index < -0.39 is 0 Å². The minimum Gasteiger partial charge on any atom is -0.474 e. The van der Waals surface area contributed by atoms with Gasteiger partial charge in [-0.05, 0) is 23.8 Å². The first-order chi connectivity index (χ1) is 13.6. The quantitative estimate of drug-likeness (QED) is 0.679. The lowest BCUT2D eigenvalue weighted by molar-refractivity contribution is 0.101. The van der Waals surface area contributed by atoms with Crippen LogP contribution in [-0.4, -0.2) is 47.3 Å². The number of amides is 1. The molecule has 0 radical (unpaired) electrons. The largest absolute Gasteiger partial charge is 0.474 e. The number of fused-ring (bicyclic) bond motifs is 1. The molecule has 0 bridgehead atoms. The highest BCUT2D eigenvalue weighted by molar-refractivity contribution is 5.99. The summed E-state index contributed by atoms with van der Waals surface area (Å²) in [7, 11) is 1.70. The molecule has 1 aliphatic rings. The normalized spacial score (nSPS) is 16.2. The van der Waals surface area contributed by atoms with Crippen molar-refractivity contribution >= 4 is 28.4 Å². The van der Waals surface area contributed by atoms with E-state index in [2.05, 4.69) is 15.3 Å². The van der Waals surface area contributed by atoms with Gasteiger partial charge >= 0.3 is 6.09 Å². The van der Waals surface area contributed by atoms with Gasteiger partial charge in [-0.3, -0.25) is 0 Å². The summed E-state index contributed by atoms with van der Waals surface area (Å²) in [5.41, 5.74) is 7.95. The molecule has 1 fully saturated rings. The molecule has 1 aromatic carbocycles. The van der Waals surface area contributed by atoms with Crippen LogP contribution in [0.4, 0.5) is 16.3 Å². The van der Waals surface area contributed by atoms with E-state index in [1.54, 1.807) is 19.4 Å². The molecule has 8 heteroatoms. The molecular weight excluding hydrogens is 358 g/mol. The number of nitrogens with one attached hydrogen (secondary N) is 1. The van der Waals surface area contributed by atoms with Crippen LogP contribution >= 0.6 is 0 Å². The number of cyclic esters (lactones) is 1. The monoisotopic (exact) mass is 379 g/mol. The third-order valence-electron chi connectivity index (χ3n) is 4.59. The van der Waals surface area contributed by atoms with Gasteiger partial charge in [-0.25, -0.2) is 14.8 Å². The Hall–Kier alpha value is -3.55. The zero-order valence-electron chi connectivity index (χ0n) is 15.5. The molecule has 4 rings (SSSR count). The van der Waals surface area contributed by atoms with Crippen LogP contribution in [0.15, 0.2) is 48.8 Å². The molecule has 2 aromatic heterocycles. The first-order valence-corrected chi connectivity index (χ1v) is 8.97. The average molecular weight is 379 g/mol. The van der Waals surface area contributed by atoms with Crippen LogP contribution in [0.25, 0.3) is 10.8 Å². The molecule has 1 aliphatic heterocycles. The van der Waals surface area contributed by atoms with Crippen molar-refractivity contribution in [3.8, 4) is 5.88 Å². The maximum Gasteiger partial charge on any atom is 0.410 e. The standard InChI is InChI=1S/C20H21N5O3/c1-25-11-14(28-20(25)26)12-27-18-9-13(5-7-22-18)10-24-17-4-2-3-16-15(17)6-8-23-19(16)21/h2-9,14,24H,10-12H2,1H3,(H2,21,23)/t14-/m0/s1. The van der Waals surface area contributed by atoms with Crippen LogP contribution in [0.3, 0.4) is 0 Å². The number of anilines is 2. The van der Waals surface area contributed by atoms with Crippen molar-refractivity contribution in [1.82, 2.24) is 14.9 Å². The Bertz CT molecular complexity index is 1010. The summed E-state index contributed by atoms with van der Waals surface area (Å²) in [6.45, 7) is 1.39. The summed E-state index contributed by atoms with van der Waals surface area (Å²) >= 11 is 0. The van der Waals surface area contributed by atoms with Gasteiger partial charge in [-0.1, -0.05) is 12.1 Å². The van der Waals surface area contributed by atoms with E-state index in [0.717, 1.165) is 22.0 Å². The highest BCUT2D eigenvalue weighted by atomic mass is 16.6. The second-order valence-electron chi connectivity index (χ2n) is 6.65. The lowest BCUT2D eigenvalue weighted by Crippen LogP contribution is -2.23. The third-order valence-corrected chi connectivity index (χ3v) is 4.59. The minimum absolute atomic E-state index is 0.273. The Labute approximate surface area is 162 Å². The van der Waals surface area contributed by atoms with E-state index in [-0.39, 0.29) is 18.8 Å². The van der Waals surface area contributed by atoms with E-state index in [1.807, 2.05) is 36.4 Å². The van der Waals surface area contributed by atoms with Crippen molar-refractivity contribution in [2.45, 2.75) is 12.6 Å². The predicted molar refractivity (Wildman–Crippen MR) is 106 cm³/mol. The molecular formula is C20H21N5O3. The molecule has 1 amide bonds. The molecule has 1 atom stereocenters. The van der Waals surface area contributed by atoms with Gasteiger partial charge in [-0.2, -0.15) is 0 Å². The van der Waals surface area contributed by atoms with Crippen LogP contribution in [0.5, 0.6) is 5.88 Å². The second-order valence-corrected chi connectivity index (χ2v) is 6.65. The summed E-state index contributed by atoms with van der Waals surface area (Å²) in [5, 5.41) is 5.36. The number of pyridine rings is 2. The van der Waals surface area contributed by atoms with Crippen molar-refractivity contribution in [1.29, 1.82) is 0 Å². The van der Waals surface area contributed by atoms with Crippen molar-refractivity contribution in [2.24, 2.45) is 0 Å². The summed E-state index contributed by atoms with van der Waals surface area (Å²) in [5.74, 6) is 1.01. The average Bonchev–Trinajstić information content (AvgIpc) is 3.03. The molecule has 3 N–H and O–H groups in total. The number of nitrogens with zero attached hydrogens (tertiary/aromatic N) is 3. The number of rotatable bonds is 6. The fourth-order valence-electron chi connectivity index (χ4n) is 3.14. The number of nitrogens with two attached hydrogens (primary N) is 1. The second kappa shape index (κ2) is 7.59. The number of likely N-dealkylation sites (N-methyl/N-ethyl adjacent to an activating group) is 1. The number of hydrogen-bond acceptors (Lipinski definition) is 7. The number of carbonyl (C=O) groups is 1. The number of hydrogen-bond donors (Lipinski definition) is 2. The fraction of sp³-hybridized carbons (Fsp3) is 0.250. The van der Waals surface area contributed by atoms with Gasteiger partial charge < -0.3 is 25.4 Å². The predicted octanol–water partition coefficient (Wildman–Crippen LogP) is 2.65. The van der Waals surface area contributed by atoms with Gasteiger partial charge in [0, 0.05) is 48.5 Å². The Balaban J connectivity index is 1.40. The number of ether oxygens (including phenoxy) is 2. The lowest BCUT2D eigenvalue weighted by Gasteiger charge is -2.12. The summed E-state index contributed by atoms with van der Waals surface area (Å²) < 4.78 is 10.9. The van der Waals surface area contributed by atoms with Gasteiger partial charge in [0.05, 0.1) is 6.54 Å². The van der Waals surface area contributed by atoms with E-state index in [9.17, 15) is 4.79 Å². The van der Waals surface area contributed by atoms with E-state index >= 15 is 0 Å². The first kappa shape index (κ1) is 17.8. The Morgan fingerprint density at radius 3 is 2.93 bits per heavy atom. The SMILES string of the molecule is CN1C[C@@H](COc2cc(CNc3cccc4c(N)nccc34)ccn2)OC1=O. The number of carbonyl (C=O) groups excluding carboxylic acids is 1. The van der Waals surface area contributed by atoms with Gasteiger partial charge in [-0.15, -0.1) is 0 Å². The molecule has 3 heterocycles. The van der Waals surface area contributed by atoms with Crippen LogP contribution in [0, 0.1) is 0 Å². The molecule has 1 saturated heterocycles. The molecule has 28 heavy (non-hydrogen) atoms. The van der Waals surface area contributed by atoms with Crippen molar-refractivity contribution < 1.29 is 14.3 Å². The van der Waals surface area contributed by atoms with Crippen LogP contribution in [0.2, 0.25) is 0 Å². The molecule has 0 spiro atoms. The smallest absolute Gasteiger partial charge is 0.410 e. The van der Waals surface area contributed by atoms with Gasteiger partial charge in [0.2, 0.25) is 5.88 Å². The lowest BCUT2D eigenvalue weighted by atomic mass is 10.1. The van der Waals surface area contributed by atoms with Crippen LogP contribution < -0.4 is 15.8 Å². The van der Waals surface area contributed by atoms with Crippen molar-refractivity contribution in [3.63, 3.8) is 0 Å². The minimum atomic E-state index is -0.328. The van der Waals surface area contributed by atoms with E-state index in [4.69, 9.17) is 15.2 Å². The van der Waals surface area contributed by atoms with Crippen molar-refractivity contribution in [3.05, 3.63) is 54.4 Å². The topological polar surface area (TPSA) is 103 Å². The number of aromatic nitrogens is 2. The number of nitrogen functional groups attached to an aromatic ring is 1. The van der Waals surface area contributed by atoms with E-state index in [1.165, 1.54) is 4.90 Å². The first-order valence-electron chi connectivity index (χ1n) is 8.97. The Morgan fingerprint density at radius 2 is 2.11 bits per heavy atom. The van der Waals surface area contributed by atoms with Crippen LogP contribution in [0.1, 0.15) is 5.56 Å². The van der Waals surface area contributed by atoms with Crippen molar-refractivity contribution in [2.75, 3.05) is 31.2 Å². The highest BCUT2D eigenvalue weighted by Crippen LogP contribution is 2.26. The van der Waals surface area contributed by atoms with Gasteiger partial charge in [0.25, 0.3) is 0 Å². The zero-order chi connectivity index (χ0) is 19.5. The fourth-order valence-corrected chi connectivity index (χ4v) is 3.14. The molecule has 0 aliphatic carbocycles. The molecule has 0 saturated carbocycles. The maximum atomic E-state index is 11.4. The number of benzene rings is 1. The Morgan fingerprint density at radius 1 is 1.25 bits per heavy atom. The van der Waals surface area contributed by atoms with Gasteiger partial charge in [0.1, 0.15) is 12.4 Å². The summed E-state index contributed by atoms with van der Waals surface area (Å²) in [4.78, 5) is 21.3. The zero-order valence-corrected chi connectivity index (χ0v) is 15.5. The summed E-state index contributed by atoms with van der Waals surface area (Å²) in [6.07, 6.45) is 2.79. The Kier molecular flexibility index (Phi) is 4.84. The van der Waals surface area contributed by atoms with Gasteiger partial charge in [0.15, 0.2) is 6.10 Å². The van der Waals surface area contributed by atoms with Crippen LogP contribution in [-0.2, 0) is 11.3 Å². The molecule has 144 valence electrons. The third kappa shape index (κ3) is 3.75. The molecule has 3 aromatic rings.